The molecule has 2 aromatic carbocycles. The number of para-hydroxylation sites is 1. The van der Waals surface area contributed by atoms with Gasteiger partial charge in [0.25, 0.3) is 5.56 Å². The number of rotatable bonds is 7. The van der Waals surface area contributed by atoms with Gasteiger partial charge in [-0.1, -0.05) is 18.2 Å². The molecule has 1 N–H and O–H groups in total. The van der Waals surface area contributed by atoms with E-state index in [9.17, 15) is 14.0 Å². The van der Waals surface area contributed by atoms with Gasteiger partial charge in [-0.25, -0.2) is 9.37 Å². The number of carbonyl (C=O) groups is 1. The van der Waals surface area contributed by atoms with Crippen molar-refractivity contribution in [1.29, 1.82) is 0 Å². The minimum Gasteiger partial charge on any atom is -0.494 e. The molecule has 0 aliphatic heterocycles. The van der Waals surface area contributed by atoms with Crippen molar-refractivity contribution in [2.24, 2.45) is 0 Å². The van der Waals surface area contributed by atoms with Crippen molar-refractivity contribution in [2.45, 2.75) is 26.3 Å². The van der Waals surface area contributed by atoms with E-state index in [0.29, 0.717) is 29.7 Å². The maximum absolute atomic E-state index is 13.8. The normalized spacial score (nSPS) is 10.8. The Bertz CT molecular complexity index is 1050. The lowest BCUT2D eigenvalue weighted by molar-refractivity contribution is -0.131. The van der Waals surface area contributed by atoms with Crippen LogP contribution in [0.15, 0.2) is 47.3 Å². The second kappa shape index (κ2) is 8.65. The van der Waals surface area contributed by atoms with E-state index < -0.39 is 5.82 Å². The number of methoxy groups -OCH3 is 1. The molecule has 28 heavy (non-hydrogen) atoms. The SMILES string of the molecule is CCN(Cc1nc2ccccc2c(=O)[nH]1)C(=O)CCc1ccc(OC)c(F)c1. The third-order valence-electron chi connectivity index (χ3n) is 4.58. The fourth-order valence-corrected chi connectivity index (χ4v) is 3.04. The summed E-state index contributed by atoms with van der Waals surface area (Å²) >= 11 is 0. The van der Waals surface area contributed by atoms with Gasteiger partial charge in [0, 0.05) is 13.0 Å². The number of fused-ring (bicyclic) bond motifs is 1. The molecule has 1 aromatic heterocycles. The quantitative estimate of drug-likeness (QED) is 0.680. The van der Waals surface area contributed by atoms with Crippen molar-refractivity contribution in [3.63, 3.8) is 0 Å². The van der Waals surface area contributed by atoms with Crippen LogP contribution < -0.4 is 10.3 Å². The van der Waals surface area contributed by atoms with Crippen LogP contribution in [0.1, 0.15) is 24.7 Å². The zero-order valence-corrected chi connectivity index (χ0v) is 15.9. The number of hydrogen-bond donors (Lipinski definition) is 1. The summed E-state index contributed by atoms with van der Waals surface area (Å²) < 4.78 is 18.7. The number of carbonyl (C=O) groups excluding carboxylic acids is 1. The van der Waals surface area contributed by atoms with E-state index in [4.69, 9.17) is 4.74 Å². The van der Waals surface area contributed by atoms with Crippen LogP contribution in [0.2, 0.25) is 0 Å². The first-order valence-corrected chi connectivity index (χ1v) is 9.10. The molecule has 1 heterocycles. The van der Waals surface area contributed by atoms with Gasteiger partial charge < -0.3 is 14.6 Å². The second-order valence-electron chi connectivity index (χ2n) is 6.41. The number of H-pyrrole nitrogens is 1. The zero-order chi connectivity index (χ0) is 20.1. The molecule has 0 atom stereocenters. The average Bonchev–Trinajstić information content (AvgIpc) is 2.70. The molecule has 0 unspecified atom stereocenters. The third-order valence-corrected chi connectivity index (χ3v) is 4.58. The molecule has 3 rings (SSSR count). The number of halogens is 1. The van der Waals surface area contributed by atoms with Gasteiger partial charge in [0.2, 0.25) is 5.91 Å². The van der Waals surface area contributed by atoms with E-state index in [2.05, 4.69) is 9.97 Å². The number of amides is 1. The predicted molar refractivity (Wildman–Crippen MR) is 105 cm³/mol. The lowest BCUT2D eigenvalue weighted by Crippen LogP contribution is -2.32. The van der Waals surface area contributed by atoms with Crippen molar-refractivity contribution in [1.82, 2.24) is 14.9 Å². The fourth-order valence-electron chi connectivity index (χ4n) is 3.04. The Morgan fingerprint density at radius 3 is 2.75 bits per heavy atom. The molecule has 146 valence electrons. The molecule has 0 bridgehead atoms. The molecule has 0 fully saturated rings. The molecular weight excluding hydrogens is 361 g/mol. The number of aromatic amines is 1. The van der Waals surface area contributed by atoms with Crippen LogP contribution in [-0.2, 0) is 17.8 Å². The molecule has 0 aliphatic carbocycles. The first kappa shape index (κ1) is 19.5. The summed E-state index contributed by atoms with van der Waals surface area (Å²) in [6.07, 6.45) is 0.648. The largest absolute Gasteiger partial charge is 0.494 e. The van der Waals surface area contributed by atoms with Gasteiger partial charge >= 0.3 is 0 Å². The fraction of sp³-hybridized carbons (Fsp3) is 0.286. The third kappa shape index (κ3) is 4.36. The molecule has 1 amide bonds. The summed E-state index contributed by atoms with van der Waals surface area (Å²) in [5.41, 5.74) is 1.09. The van der Waals surface area contributed by atoms with Crippen LogP contribution in [0, 0.1) is 5.82 Å². The number of ether oxygens (including phenoxy) is 1. The molecule has 7 heteroatoms. The molecule has 3 aromatic rings. The summed E-state index contributed by atoms with van der Waals surface area (Å²) in [4.78, 5) is 33.6. The van der Waals surface area contributed by atoms with Gasteiger partial charge in [-0.15, -0.1) is 0 Å². The molecule has 0 aliphatic rings. The van der Waals surface area contributed by atoms with Gasteiger partial charge in [0.15, 0.2) is 11.6 Å². The molecule has 0 radical (unpaired) electrons. The van der Waals surface area contributed by atoms with Crippen LogP contribution >= 0.6 is 0 Å². The Hall–Kier alpha value is -3.22. The summed E-state index contributed by atoms with van der Waals surface area (Å²) in [5, 5.41) is 0.516. The number of nitrogens with one attached hydrogen (secondary N) is 1. The van der Waals surface area contributed by atoms with Crippen LogP contribution in [-0.4, -0.2) is 34.4 Å². The minimum atomic E-state index is -0.447. The molecule has 6 nitrogen and oxygen atoms in total. The highest BCUT2D eigenvalue weighted by atomic mass is 19.1. The van der Waals surface area contributed by atoms with Crippen molar-refractivity contribution < 1.29 is 13.9 Å². The maximum Gasteiger partial charge on any atom is 0.258 e. The molecule has 0 saturated carbocycles. The van der Waals surface area contributed by atoms with Crippen molar-refractivity contribution in [3.05, 3.63) is 70.0 Å². The van der Waals surface area contributed by atoms with E-state index >= 15 is 0 Å². The van der Waals surface area contributed by atoms with E-state index in [1.807, 2.05) is 13.0 Å². The first-order chi connectivity index (χ1) is 13.5. The highest BCUT2D eigenvalue weighted by Gasteiger charge is 2.15. The zero-order valence-electron chi connectivity index (χ0n) is 15.9. The Balaban J connectivity index is 1.68. The van der Waals surface area contributed by atoms with Gasteiger partial charge in [-0.3, -0.25) is 9.59 Å². The van der Waals surface area contributed by atoms with Crippen molar-refractivity contribution in [3.8, 4) is 5.75 Å². The number of nitrogens with zero attached hydrogens (tertiary/aromatic N) is 2. The van der Waals surface area contributed by atoms with Crippen LogP contribution in [0.5, 0.6) is 5.75 Å². The van der Waals surface area contributed by atoms with Crippen LogP contribution in [0.3, 0.4) is 0 Å². The number of benzene rings is 2. The Kier molecular flexibility index (Phi) is 6.03. The molecule has 0 spiro atoms. The summed E-state index contributed by atoms with van der Waals surface area (Å²) in [6.45, 7) is 2.56. The van der Waals surface area contributed by atoms with E-state index in [-0.39, 0.29) is 30.2 Å². The molecular formula is C21H22FN3O3. The maximum atomic E-state index is 13.8. The summed E-state index contributed by atoms with van der Waals surface area (Å²) in [5.74, 6) is 0.0817. The van der Waals surface area contributed by atoms with Crippen molar-refractivity contribution in [2.75, 3.05) is 13.7 Å². The van der Waals surface area contributed by atoms with Crippen LogP contribution in [0.4, 0.5) is 4.39 Å². The lowest BCUT2D eigenvalue weighted by atomic mass is 10.1. The van der Waals surface area contributed by atoms with Gasteiger partial charge in [0.05, 0.1) is 24.6 Å². The number of aryl methyl sites for hydroxylation is 1. The van der Waals surface area contributed by atoms with Crippen LogP contribution in [0.25, 0.3) is 10.9 Å². The minimum absolute atomic E-state index is 0.0884. The summed E-state index contributed by atoms with van der Waals surface area (Å²) in [7, 11) is 1.41. The first-order valence-electron chi connectivity index (χ1n) is 9.10. The average molecular weight is 383 g/mol. The highest BCUT2D eigenvalue weighted by Crippen LogP contribution is 2.19. The molecule has 0 saturated heterocycles. The van der Waals surface area contributed by atoms with Gasteiger partial charge in [0.1, 0.15) is 5.82 Å². The van der Waals surface area contributed by atoms with Gasteiger partial charge in [-0.05, 0) is 43.2 Å². The van der Waals surface area contributed by atoms with Crippen molar-refractivity contribution >= 4 is 16.8 Å². The second-order valence-corrected chi connectivity index (χ2v) is 6.41. The Labute approximate surface area is 162 Å². The standard InChI is InChI=1S/C21H22FN3O3/c1-3-25(13-19-23-17-7-5-4-6-15(17)21(27)24-19)20(26)11-9-14-8-10-18(28-2)16(22)12-14/h4-8,10,12H,3,9,11,13H2,1-2H3,(H,23,24,27). The predicted octanol–water partition coefficient (Wildman–Crippen LogP) is 3.05. The highest BCUT2D eigenvalue weighted by molar-refractivity contribution is 5.78. The van der Waals surface area contributed by atoms with Gasteiger partial charge in [-0.2, -0.15) is 0 Å². The van der Waals surface area contributed by atoms with E-state index in [1.165, 1.54) is 13.2 Å². The lowest BCUT2D eigenvalue weighted by Gasteiger charge is -2.20. The monoisotopic (exact) mass is 383 g/mol. The Morgan fingerprint density at radius 1 is 1.25 bits per heavy atom. The number of aromatic nitrogens is 2. The summed E-state index contributed by atoms with van der Waals surface area (Å²) in [6, 6.07) is 11.7. The van der Waals surface area contributed by atoms with E-state index in [1.54, 1.807) is 35.2 Å². The smallest absolute Gasteiger partial charge is 0.258 e. The Morgan fingerprint density at radius 2 is 2.04 bits per heavy atom. The van der Waals surface area contributed by atoms with E-state index in [0.717, 1.165) is 5.56 Å². The number of hydrogen-bond acceptors (Lipinski definition) is 4. The topological polar surface area (TPSA) is 75.3 Å².